The molecular formula is C15H16BrN3O2. The third kappa shape index (κ3) is 2.00. The summed E-state index contributed by atoms with van der Waals surface area (Å²) in [5.74, 6) is 3.88. The number of nitrogens with two attached hydrogens (primary N) is 1. The smallest absolute Gasteiger partial charge is 0.231 e. The number of nitrogen functional groups attached to an aromatic ring is 1. The molecule has 1 saturated carbocycles. The average molecular weight is 350 g/mol. The molecule has 2 aliphatic rings. The van der Waals surface area contributed by atoms with E-state index in [2.05, 4.69) is 27.4 Å². The molecular weight excluding hydrogens is 334 g/mol. The van der Waals surface area contributed by atoms with Gasteiger partial charge in [0.15, 0.2) is 11.5 Å². The summed E-state index contributed by atoms with van der Waals surface area (Å²) in [5.41, 5.74) is 8.11. The molecule has 1 aromatic carbocycles. The number of aromatic nitrogens is 2. The van der Waals surface area contributed by atoms with Gasteiger partial charge in [-0.25, -0.2) is 4.98 Å². The van der Waals surface area contributed by atoms with Crippen molar-refractivity contribution >= 4 is 21.7 Å². The van der Waals surface area contributed by atoms with Gasteiger partial charge in [0.1, 0.15) is 17.3 Å². The molecule has 21 heavy (non-hydrogen) atoms. The topological polar surface area (TPSA) is 62.3 Å². The predicted molar refractivity (Wildman–Crippen MR) is 83.5 cm³/mol. The van der Waals surface area contributed by atoms with Gasteiger partial charge in [0.05, 0.1) is 4.47 Å². The highest BCUT2D eigenvalue weighted by atomic mass is 79.9. The average Bonchev–Trinajstić information content (AvgIpc) is 3.10. The molecule has 1 fully saturated rings. The molecule has 0 saturated heterocycles. The normalized spacial score (nSPS) is 16.5. The molecule has 0 radical (unpaired) electrons. The molecule has 0 amide bonds. The van der Waals surface area contributed by atoms with Crippen molar-refractivity contribution in [1.29, 1.82) is 0 Å². The molecule has 1 aliphatic carbocycles. The second-order valence-corrected chi connectivity index (χ2v) is 6.27. The Kier molecular flexibility index (Phi) is 2.89. The summed E-state index contributed by atoms with van der Waals surface area (Å²) in [6, 6.07) is 3.94. The third-order valence-corrected chi connectivity index (χ3v) is 4.58. The van der Waals surface area contributed by atoms with Crippen LogP contribution in [0.1, 0.15) is 31.5 Å². The first-order valence-corrected chi connectivity index (χ1v) is 7.93. The number of hydrogen-bond donors (Lipinski definition) is 1. The highest BCUT2D eigenvalue weighted by molar-refractivity contribution is 9.10. The fourth-order valence-corrected chi connectivity index (χ4v) is 3.34. The summed E-state index contributed by atoms with van der Waals surface area (Å²) >= 11 is 3.52. The lowest BCUT2D eigenvalue weighted by Gasteiger charge is -2.06. The van der Waals surface area contributed by atoms with E-state index in [9.17, 15) is 0 Å². The van der Waals surface area contributed by atoms with Crippen molar-refractivity contribution in [3.63, 3.8) is 0 Å². The standard InChI is InChI=1S/C15H16BrN3O2/c1-2-19-14(17)12(18-15(19)8-3-4-8)9-5-10(16)13-11(6-9)20-7-21-13/h5-6,8H,2-4,7,17H2,1H3. The lowest BCUT2D eigenvalue weighted by atomic mass is 10.1. The molecule has 0 spiro atoms. The van der Waals surface area contributed by atoms with Crippen molar-refractivity contribution < 1.29 is 9.47 Å². The molecule has 5 nitrogen and oxygen atoms in total. The van der Waals surface area contributed by atoms with Crippen LogP contribution in [0.4, 0.5) is 5.82 Å². The molecule has 4 rings (SSSR count). The number of fused-ring (bicyclic) bond motifs is 1. The van der Waals surface area contributed by atoms with Crippen LogP contribution in [0, 0.1) is 0 Å². The number of ether oxygens (including phenoxy) is 2. The number of imidazole rings is 1. The number of hydrogen-bond acceptors (Lipinski definition) is 4. The third-order valence-electron chi connectivity index (χ3n) is 4.00. The van der Waals surface area contributed by atoms with E-state index in [4.69, 9.17) is 20.2 Å². The van der Waals surface area contributed by atoms with Crippen molar-refractivity contribution in [1.82, 2.24) is 9.55 Å². The van der Waals surface area contributed by atoms with Crippen molar-refractivity contribution in [3.05, 3.63) is 22.4 Å². The number of anilines is 1. The van der Waals surface area contributed by atoms with Crippen LogP contribution in [0.15, 0.2) is 16.6 Å². The maximum Gasteiger partial charge on any atom is 0.231 e. The lowest BCUT2D eigenvalue weighted by Crippen LogP contribution is -2.04. The maximum atomic E-state index is 6.32. The molecule has 1 aromatic heterocycles. The van der Waals surface area contributed by atoms with Gasteiger partial charge in [-0.2, -0.15) is 0 Å². The molecule has 2 aromatic rings. The van der Waals surface area contributed by atoms with Crippen LogP contribution in [0.2, 0.25) is 0 Å². The summed E-state index contributed by atoms with van der Waals surface area (Å²) in [5, 5.41) is 0. The Morgan fingerprint density at radius 3 is 2.90 bits per heavy atom. The second-order valence-electron chi connectivity index (χ2n) is 5.41. The van der Waals surface area contributed by atoms with Gasteiger partial charge in [-0.3, -0.25) is 0 Å². The maximum absolute atomic E-state index is 6.32. The van der Waals surface area contributed by atoms with E-state index < -0.39 is 0 Å². The van der Waals surface area contributed by atoms with Crippen LogP contribution in [-0.4, -0.2) is 16.3 Å². The highest BCUT2D eigenvalue weighted by Crippen LogP contribution is 2.45. The summed E-state index contributed by atoms with van der Waals surface area (Å²) in [7, 11) is 0. The number of nitrogens with zero attached hydrogens (tertiary/aromatic N) is 2. The zero-order valence-corrected chi connectivity index (χ0v) is 13.3. The highest BCUT2D eigenvalue weighted by Gasteiger charge is 2.31. The summed E-state index contributed by atoms with van der Waals surface area (Å²) in [4.78, 5) is 4.80. The monoisotopic (exact) mass is 349 g/mol. The van der Waals surface area contributed by atoms with E-state index in [-0.39, 0.29) is 6.79 Å². The van der Waals surface area contributed by atoms with E-state index in [0.29, 0.717) is 5.92 Å². The molecule has 0 bridgehead atoms. The zero-order valence-electron chi connectivity index (χ0n) is 11.7. The Labute approximate surface area is 131 Å². The van der Waals surface area contributed by atoms with Crippen LogP contribution in [0.5, 0.6) is 11.5 Å². The van der Waals surface area contributed by atoms with Crippen molar-refractivity contribution in [2.45, 2.75) is 32.2 Å². The Balaban J connectivity index is 1.85. The van der Waals surface area contributed by atoms with Gasteiger partial charge < -0.3 is 19.8 Å². The largest absolute Gasteiger partial charge is 0.454 e. The fraction of sp³-hybridized carbons (Fsp3) is 0.400. The van der Waals surface area contributed by atoms with E-state index in [0.717, 1.165) is 45.4 Å². The number of benzene rings is 1. The first-order chi connectivity index (χ1) is 10.2. The van der Waals surface area contributed by atoms with Crippen molar-refractivity contribution in [3.8, 4) is 22.8 Å². The van der Waals surface area contributed by atoms with Crippen LogP contribution in [-0.2, 0) is 6.54 Å². The minimum absolute atomic E-state index is 0.254. The first kappa shape index (κ1) is 13.0. The van der Waals surface area contributed by atoms with Gasteiger partial charge in [-0.05, 0) is 47.8 Å². The van der Waals surface area contributed by atoms with Crippen LogP contribution >= 0.6 is 15.9 Å². The molecule has 2 N–H and O–H groups in total. The van der Waals surface area contributed by atoms with Crippen molar-refractivity contribution in [2.24, 2.45) is 0 Å². The van der Waals surface area contributed by atoms with Gasteiger partial charge in [0.2, 0.25) is 6.79 Å². The summed E-state index contributed by atoms with van der Waals surface area (Å²) in [6.45, 7) is 3.20. The Morgan fingerprint density at radius 1 is 1.38 bits per heavy atom. The van der Waals surface area contributed by atoms with Gasteiger partial charge in [0.25, 0.3) is 0 Å². The van der Waals surface area contributed by atoms with Gasteiger partial charge in [-0.15, -0.1) is 0 Å². The van der Waals surface area contributed by atoms with E-state index in [1.807, 2.05) is 12.1 Å². The molecule has 2 heterocycles. The van der Waals surface area contributed by atoms with E-state index >= 15 is 0 Å². The van der Waals surface area contributed by atoms with E-state index in [1.54, 1.807) is 0 Å². The second kappa shape index (κ2) is 4.66. The minimum atomic E-state index is 0.254. The fourth-order valence-electron chi connectivity index (χ4n) is 2.79. The molecule has 1 aliphatic heterocycles. The first-order valence-electron chi connectivity index (χ1n) is 7.14. The minimum Gasteiger partial charge on any atom is -0.454 e. The SMILES string of the molecule is CCn1c(C2CC2)nc(-c2cc(Br)c3c(c2)OCO3)c1N. The molecule has 110 valence electrons. The molecule has 0 atom stereocenters. The Hall–Kier alpha value is -1.69. The van der Waals surface area contributed by atoms with Crippen LogP contribution in [0.3, 0.4) is 0 Å². The lowest BCUT2D eigenvalue weighted by molar-refractivity contribution is 0.173. The van der Waals surface area contributed by atoms with E-state index in [1.165, 1.54) is 12.8 Å². The van der Waals surface area contributed by atoms with Gasteiger partial charge in [0, 0.05) is 18.0 Å². The van der Waals surface area contributed by atoms with Gasteiger partial charge in [-0.1, -0.05) is 0 Å². The van der Waals surface area contributed by atoms with Crippen molar-refractivity contribution in [2.75, 3.05) is 12.5 Å². The molecule has 0 unspecified atom stereocenters. The van der Waals surface area contributed by atoms with Crippen LogP contribution in [0.25, 0.3) is 11.3 Å². The quantitative estimate of drug-likeness (QED) is 0.920. The predicted octanol–water partition coefficient (Wildman–Crippen LogP) is 3.52. The molecule has 6 heteroatoms. The summed E-state index contributed by atoms with van der Waals surface area (Å²) in [6.07, 6.45) is 2.42. The van der Waals surface area contributed by atoms with Crippen LogP contribution < -0.4 is 15.2 Å². The van der Waals surface area contributed by atoms with Gasteiger partial charge >= 0.3 is 0 Å². The Morgan fingerprint density at radius 2 is 2.19 bits per heavy atom. The Bertz CT molecular complexity index is 722. The summed E-state index contributed by atoms with van der Waals surface area (Å²) < 4.78 is 13.9. The number of halogens is 1. The number of rotatable bonds is 3. The zero-order chi connectivity index (χ0) is 14.6.